The maximum absolute atomic E-state index is 12.2. The Labute approximate surface area is 191 Å². The normalized spacial score (nSPS) is 11.6. The minimum atomic E-state index is -3.83. The van der Waals surface area contributed by atoms with Gasteiger partial charge in [-0.25, -0.2) is 9.63 Å². The third-order valence-electron chi connectivity index (χ3n) is 4.12. The van der Waals surface area contributed by atoms with Crippen molar-refractivity contribution in [3.05, 3.63) is 95.0 Å². The molecule has 7 nitrogen and oxygen atoms in total. The fourth-order valence-corrected chi connectivity index (χ4v) is 3.47. The van der Waals surface area contributed by atoms with E-state index in [0.717, 1.165) is 5.56 Å². The number of esters is 1. The Bertz CT molecular complexity index is 1240. The van der Waals surface area contributed by atoms with Gasteiger partial charge >= 0.3 is 5.97 Å². The molecule has 1 N–H and O–H groups in total. The topological polar surface area (TPSA) is 94.1 Å². The number of sulfonamides is 1. The van der Waals surface area contributed by atoms with E-state index in [4.69, 9.17) is 21.1 Å². The van der Waals surface area contributed by atoms with Crippen molar-refractivity contribution in [2.24, 2.45) is 5.10 Å². The van der Waals surface area contributed by atoms with Gasteiger partial charge in [0.05, 0.1) is 18.2 Å². The van der Waals surface area contributed by atoms with Crippen molar-refractivity contribution in [2.45, 2.75) is 4.90 Å². The first-order chi connectivity index (χ1) is 15.4. The second-order valence-electron chi connectivity index (χ2n) is 6.38. The molecule has 0 atom stereocenters. The smallest absolute Gasteiger partial charge is 0.336 e. The Morgan fingerprint density at radius 3 is 2.38 bits per heavy atom. The van der Waals surface area contributed by atoms with E-state index in [-0.39, 0.29) is 16.4 Å². The van der Waals surface area contributed by atoms with Crippen molar-refractivity contribution < 1.29 is 22.7 Å². The molecule has 0 radical (unpaired) electrons. The second kappa shape index (κ2) is 10.6. The van der Waals surface area contributed by atoms with Crippen LogP contribution in [0.2, 0.25) is 5.02 Å². The minimum Gasteiger partial charge on any atom is -0.493 e. The summed E-state index contributed by atoms with van der Waals surface area (Å²) in [5.41, 5.74) is 1.39. The van der Waals surface area contributed by atoms with E-state index in [1.54, 1.807) is 18.2 Å². The fraction of sp³-hybridized carbons (Fsp3) is 0.0435. The van der Waals surface area contributed by atoms with Crippen LogP contribution in [0.15, 0.2) is 88.9 Å². The number of nitrogens with zero attached hydrogens (tertiary/aromatic N) is 1. The van der Waals surface area contributed by atoms with Crippen molar-refractivity contribution in [1.29, 1.82) is 0 Å². The number of benzene rings is 3. The predicted octanol–water partition coefficient (Wildman–Crippen LogP) is 4.28. The predicted molar refractivity (Wildman–Crippen MR) is 123 cm³/mol. The molecule has 0 aliphatic rings. The Morgan fingerprint density at radius 1 is 0.969 bits per heavy atom. The molecular weight excluding hydrogens is 452 g/mol. The first kappa shape index (κ1) is 23.1. The van der Waals surface area contributed by atoms with E-state index in [1.165, 1.54) is 49.7 Å². The van der Waals surface area contributed by atoms with Gasteiger partial charge in [0.1, 0.15) is 0 Å². The summed E-state index contributed by atoms with van der Waals surface area (Å²) in [6, 6.07) is 19.7. The molecule has 3 rings (SSSR count). The summed E-state index contributed by atoms with van der Waals surface area (Å²) in [4.78, 5) is 14.3. The highest BCUT2D eigenvalue weighted by Gasteiger charge is 2.12. The van der Waals surface area contributed by atoms with E-state index < -0.39 is 16.0 Å². The van der Waals surface area contributed by atoms with Crippen LogP contribution in [0.1, 0.15) is 11.1 Å². The van der Waals surface area contributed by atoms with Crippen molar-refractivity contribution >= 4 is 39.9 Å². The van der Waals surface area contributed by atoms with Gasteiger partial charge in [-0.1, -0.05) is 41.9 Å². The molecule has 164 valence electrons. The average molecular weight is 471 g/mol. The Hall–Kier alpha value is -3.62. The number of carbonyl (C=O) groups is 1. The van der Waals surface area contributed by atoms with Gasteiger partial charge in [-0.05, 0) is 59.7 Å². The molecular formula is C23H19ClN2O5S. The van der Waals surface area contributed by atoms with E-state index in [1.807, 2.05) is 30.3 Å². The van der Waals surface area contributed by atoms with Gasteiger partial charge in [-0.15, -0.1) is 0 Å². The van der Waals surface area contributed by atoms with E-state index in [0.29, 0.717) is 10.6 Å². The van der Waals surface area contributed by atoms with Crippen molar-refractivity contribution in [3.63, 3.8) is 0 Å². The van der Waals surface area contributed by atoms with Crippen LogP contribution in [-0.4, -0.2) is 27.7 Å². The number of hydrogen-bond donors (Lipinski definition) is 1. The van der Waals surface area contributed by atoms with Crippen LogP contribution in [-0.2, 0) is 14.8 Å². The molecule has 3 aromatic rings. The molecule has 0 heterocycles. The lowest BCUT2D eigenvalue weighted by Gasteiger charge is -2.08. The summed E-state index contributed by atoms with van der Waals surface area (Å²) in [6.07, 6.45) is 4.26. The molecule has 3 aromatic carbocycles. The number of hydrogen-bond acceptors (Lipinski definition) is 6. The summed E-state index contributed by atoms with van der Waals surface area (Å²) in [6.45, 7) is 0. The highest BCUT2D eigenvalue weighted by Crippen LogP contribution is 2.28. The molecule has 0 fully saturated rings. The van der Waals surface area contributed by atoms with Crippen LogP contribution >= 0.6 is 11.6 Å². The maximum atomic E-state index is 12.2. The number of halogens is 1. The zero-order chi connectivity index (χ0) is 23.0. The van der Waals surface area contributed by atoms with Crippen LogP contribution in [0.4, 0.5) is 0 Å². The van der Waals surface area contributed by atoms with E-state index in [9.17, 15) is 13.2 Å². The lowest BCUT2D eigenvalue weighted by atomic mass is 10.2. The standard InChI is InChI=1S/C23H19ClN2O5S/c1-30-22-15-18(16-25-26-32(28,29)20-11-9-19(24)10-12-20)7-13-21(22)31-23(27)14-8-17-5-3-2-4-6-17/h2-16,26H,1H3/b14-8+,25-16+. The third-order valence-corrected chi connectivity index (χ3v) is 5.61. The van der Waals surface area contributed by atoms with Crippen LogP contribution in [0.25, 0.3) is 6.08 Å². The van der Waals surface area contributed by atoms with Crippen molar-refractivity contribution in [1.82, 2.24) is 4.83 Å². The quantitative estimate of drug-likeness (QED) is 0.174. The number of hydrazone groups is 1. The number of rotatable bonds is 8. The summed E-state index contributed by atoms with van der Waals surface area (Å²) < 4.78 is 35.1. The average Bonchev–Trinajstić information content (AvgIpc) is 2.79. The number of methoxy groups -OCH3 is 1. The van der Waals surface area contributed by atoms with Crippen LogP contribution in [0, 0.1) is 0 Å². The van der Waals surface area contributed by atoms with Gasteiger partial charge in [0.15, 0.2) is 11.5 Å². The molecule has 0 aliphatic carbocycles. The Kier molecular flexibility index (Phi) is 7.64. The molecule has 0 aliphatic heterocycles. The lowest BCUT2D eigenvalue weighted by Crippen LogP contribution is -2.18. The zero-order valence-electron chi connectivity index (χ0n) is 16.9. The van der Waals surface area contributed by atoms with Gasteiger partial charge in [0.25, 0.3) is 10.0 Å². The van der Waals surface area contributed by atoms with Crippen molar-refractivity contribution in [2.75, 3.05) is 7.11 Å². The zero-order valence-corrected chi connectivity index (χ0v) is 18.5. The number of ether oxygens (including phenoxy) is 2. The van der Waals surface area contributed by atoms with Gasteiger partial charge < -0.3 is 9.47 Å². The molecule has 0 saturated heterocycles. The summed E-state index contributed by atoms with van der Waals surface area (Å²) in [5.74, 6) is -0.0608. The van der Waals surface area contributed by atoms with Crippen LogP contribution in [0.5, 0.6) is 11.5 Å². The van der Waals surface area contributed by atoms with E-state index >= 15 is 0 Å². The molecule has 0 saturated carbocycles. The van der Waals surface area contributed by atoms with Gasteiger partial charge in [-0.3, -0.25) is 0 Å². The highest BCUT2D eigenvalue weighted by molar-refractivity contribution is 7.89. The highest BCUT2D eigenvalue weighted by atomic mass is 35.5. The molecule has 0 unspecified atom stereocenters. The van der Waals surface area contributed by atoms with Gasteiger partial charge in [0.2, 0.25) is 0 Å². The Morgan fingerprint density at radius 2 is 1.69 bits per heavy atom. The van der Waals surface area contributed by atoms with Crippen LogP contribution < -0.4 is 14.3 Å². The SMILES string of the molecule is COc1cc(/C=N/NS(=O)(=O)c2ccc(Cl)cc2)ccc1OC(=O)/C=C/c1ccccc1. The maximum Gasteiger partial charge on any atom is 0.336 e. The summed E-state index contributed by atoms with van der Waals surface area (Å²) in [5, 5.41) is 4.20. The first-order valence-electron chi connectivity index (χ1n) is 9.31. The van der Waals surface area contributed by atoms with Crippen molar-refractivity contribution in [3.8, 4) is 11.5 Å². The molecule has 32 heavy (non-hydrogen) atoms. The van der Waals surface area contributed by atoms with Gasteiger partial charge in [-0.2, -0.15) is 13.5 Å². The number of nitrogens with one attached hydrogen (secondary N) is 1. The summed E-state index contributed by atoms with van der Waals surface area (Å²) in [7, 11) is -2.40. The molecule has 0 bridgehead atoms. The third kappa shape index (κ3) is 6.44. The lowest BCUT2D eigenvalue weighted by molar-refractivity contribution is -0.129. The second-order valence-corrected chi connectivity index (χ2v) is 8.48. The Balaban J connectivity index is 1.66. The van der Waals surface area contributed by atoms with Gasteiger partial charge in [0, 0.05) is 11.1 Å². The monoisotopic (exact) mass is 470 g/mol. The number of carbonyl (C=O) groups excluding carboxylic acids is 1. The molecule has 9 heteroatoms. The van der Waals surface area contributed by atoms with Crippen LogP contribution in [0.3, 0.4) is 0 Å². The molecule has 0 spiro atoms. The largest absolute Gasteiger partial charge is 0.493 e. The molecule has 0 amide bonds. The van der Waals surface area contributed by atoms with E-state index in [2.05, 4.69) is 9.93 Å². The fourth-order valence-electron chi connectivity index (χ4n) is 2.56. The minimum absolute atomic E-state index is 0.0300. The molecule has 0 aromatic heterocycles. The summed E-state index contributed by atoms with van der Waals surface area (Å²) >= 11 is 5.77. The first-order valence-corrected chi connectivity index (χ1v) is 11.2.